The summed E-state index contributed by atoms with van der Waals surface area (Å²) in [4.78, 5) is 24.4. The Hall–Kier alpha value is -2.47. The highest BCUT2D eigenvalue weighted by Crippen LogP contribution is 2.34. The maximum Gasteiger partial charge on any atom is 0.277 e. The minimum absolute atomic E-state index is 0.0511. The van der Waals surface area contributed by atoms with Crippen molar-refractivity contribution in [2.24, 2.45) is 0 Å². The van der Waals surface area contributed by atoms with Crippen molar-refractivity contribution in [2.45, 2.75) is 38.7 Å². The molecule has 0 unspecified atom stereocenters. The van der Waals surface area contributed by atoms with Crippen LogP contribution < -0.4 is 10.9 Å². The molecule has 6 heteroatoms. The highest BCUT2D eigenvalue weighted by atomic mass is 16.3. The molecule has 24 heavy (non-hydrogen) atoms. The van der Waals surface area contributed by atoms with Crippen LogP contribution in [0.2, 0.25) is 0 Å². The van der Waals surface area contributed by atoms with Crippen LogP contribution in [0.3, 0.4) is 0 Å². The second kappa shape index (κ2) is 6.20. The number of H-pyrrole nitrogens is 1. The lowest BCUT2D eigenvalue weighted by Gasteiger charge is -2.34. The van der Waals surface area contributed by atoms with Crippen molar-refractivity contribution >= 4 is 5.91 Å². The van der Waals surface area contributed by atoms with E-state index in [4.69, 9.17) is 0 Å². The van der Waals surface area contributed by atoms with Crippen LogP contribution in [0.1, 0.15) is 45.6 Å². The number of aromatic nitrogens is 2. The number of hydrogen-bond donors (Lipinski definition) is 3. The monoisotopic (exact) mass is 327 g/mol. The smallest absolute Gasteiger partial charge is 0.277 e. The maximum atomic E-state index is 12.5. The van der Waals surface area contributed by atoms with Gasteiger partial charge in [0.1, 0.15) is 11.2 Å². The van der Waals surface area contributed by atoms with Gasteiger partial charge in [-0.15, -0.1) is 0 Å². The third-order valence-corrected chi connectivity index (χ3v) is 4.79. The predicted molar refractivity (Wildman–Crippen MR) is 89.9 cm³/mol. The lowest BCUT2D eigenvalue weighted by Crippen LogP contribution is -2.44. The van der Waals surface area contributed by atoms with Gasteiger partial charge in [-0.05, 0) is 49.8 Å². The van der Waals surface area contributed by atoms with Crippen molar-refractivity contribution in [1.29, 1.82) is 0 Å². The molecule has 0 aliphatic heterocycles. The summed E-state index contributed by atoms with van der Waals surface area (Å²) in [6.07, 6.45) is 2.36. The van der Waals surface area contributed by atoms with E-state index in [1.165, 1.54) is 0 Å². The van der Waals surface area contributed by atoms with Crippen LogP contribution in [0.25, 0.3) is 0 Å². The zero-order valence-corrected chi connectivity index (χ0v) is 13.8. The lowest BCUT2D eigenvalue weighted by molar-refractivity contribution is 0.0189. The summed E-state index contributed by atoms with van der Waals surface area (Å²) < 4.78 is 0. The number of aromatic amines is 1. The Bertz CT molecular complexity index is 844. The maximum absolute atomic E-state index is 12.5. The Labute approximate surface area is 139 Å². The zero-order chi connectivity index (χ0) is 17.3. The van der Waals surface area contributed by atoms with E-state index in [1.807, 2.05) is 24.3 Å². The fourth-order valence-electron chi connectivity index (χ4n) is 3.30. The number of amides is 1. The molecule has 6 nitrogen and oxygen atoms in total. The minimum atomic E-state index is -1.10. The number of nitrogens with zero attached hydrogens (tertiary/aromatic N) is 1. The summed E-state index contributed by atoms with van der Waals surface area (Å²) in [7, 11) is 0. The first-order chi connectivity index (χ1) is 11.4. The number of aryl methyl sites for hydroxylation is 2. The Balaban J connectivity index is 1.83. The SMILES string of the molecule is Cc1n[nH]c(=O)c(C(=O)NC[C@]2(O)CCCc3ccccc32)c1C. The van der Waals surface area contributed by atoms with Gasteiger partial charge in [0.2, 0.25) is 0 Å². The number of carbonyl (C=O) groups is 1. The van der Waals surface area contributed by atoms with Crippen LogP contribution in [-0.4, -0.2) is 27.8 Å². The third-order valence-electron chi connectivity index (χ3n) is 4.79. The molecule has 1 aromatic carbocycles. The van der Waals surface area contributed by atoms with Crippen molar-refractivity contribution in [2.75, 3.05) is 6.54 Å². The molecule has 126 valence electrons. The highest BCUT2D eigenvalue weighted by molar-refractivity contribution is 5.95. The van der Waals surface area contributed by atoms with Crippen LogP contribution >= 0.6 is 0 Å². The van der Waals surface area contributed by atoms with Gasteiger partial charge in [0.05, 0.1) is 12.2 Å². The molecule has 1 aliphatic rings. The summed E-state index contributed by atoms with van der Waals surface area (Å²) in [5.41, 5.74) is 1.53. The molecule has 2 aromatic rings. The fourth-order valence-corrected chi connectivity index (χ4v) is 3.30. The molecule has 3 rings (SSSR count). The molecule has 0 spiro atoms. The molecule has 0 radical (unpaired) electrons. The first-order valence-electron chi connectivity index (χ1n) is 8.07. The second-order valence-corrected chi connectivity index (χ2v) is 6.36. The summed E-state index contributed by atoms with van der Waals surface area (Å²) >= 11 is 0. The average molecular weight is 327 g/mol. The van der Waals surface area contributed by atoms with E-state index < -0.39 is 17.1 Å². The van der Waals surface area contributed by atoms with Crippen LogP contribution in [0.4, 0.5) is 0 Å². The third kappa shape index (κ3) is 2.85. The normalized spacial score (nSPS) is 19.6. The number of benzene rings is 1. The number of rotatable bonds is 3. The molecule has 1 heterocycles. The first-order valence-corrected chi connectivity index (χ1v) is 8.07. The van der Waals surface area contributed by atoms with Crippen LogP contribution in [-0.2, 0) is 12.0 Å². The molecule has 0 bridgehead atoms. The van der Waals surface area contributed by atoms with E-state index in [0.29, 0.717) is 17.7 Å². The summed E-state index contributed by atoms with van der Waals surface area (Å²) in [6, 6.07) is 7.74. The predicted octanol–water partition coefficient (Wildman–Crippen LogP) is 1.34. The van der Waals surface area contributed by atoms with Gasteiger partial charge in [-0.2, -0.15) is 5.10 Å². The topological polar surface area (TPSA) is 95.1 Å². The van der Waals surface area contributed by atoms with E-state index in [2.05, 4.69) is 15.5 Å². The second-order valence-electron chi connectivity index (χ2n) is 6.36. The largest absolute Gasteiger partial charge is 0.383 e. The molecule has 1 atom stereocenters. The summed E-state index contributed by atoms with van der Waals surface area (Å²) in [5.74, 6) is -0.490. The van der Waals surface area contributed by atoms with Crippen LogP contribution in [0, 0.1) is 13.8 Å². The molecular weight excluding hydrogens is 306 g/mol. The number of nitrogens with one attached hydrogen (secondary N) is 2. The van der Waals surface area contributed by atoms with E-state index >= 15 is 0 Å². The zero-order valence-electron chi connectivity index (χ0n) is 13.8. The number of aliphatic hydroxyl groups is 1. The Morgan fingerprint density at radius 2 is 2.12 bits per heavy atom. The first kappa shape index (κ1) is 16.4. The van der Waals surface area contributed by atoms with Gasteiger partial charge in [-0.25, -0.2) is 5.10 Å². The lowest BCUT2D eigenvalue weighted by atomic mass is 9.79. The van der Waals surface area contributed by atoms with Gasteiger partial charge in [0.25, 0.3) is 11.5 Å². The van der Waals surface area contributed by atoms with Crippen molar-refractivity contribution in [1.82, 2.24) is 15.5 Å². The minimum Gasteiger partial charge on any atom is -0.383 e. The molecule has 1 aromatic heterocycles. The molecule has 0 saturated carbocycles. The summed E-state index contributed by atoms with van der Waals surface area (Å²) in [6.45, 7) is 3.49. The Morgan fingerprint density at radius 3 is 2.92 bits per heavy atom. The van der Waals surface area contributed by atoms with Gasteiger partial charge >= 0.3 is 0 Å². The van der Waals surface area contributed by atoms with Crippen molar-refractivity contribution in [3.63, 3.8) is 0 Å². The van der Waals surface area contributed by atoms with Crippen molar-refractivity contribution < 1.29 is 9.90 Å². The van der Waals surface area contributed by atoms with E-state index in [0.717, 1.165) is 24.0 Å². The molecule has 1 amide bonds. The molecular formula is C18H21N3O3. The molecule has 0 fully saturated rings. The Morgan fingerprint density at radius 1 is 1.38 bits per heavy atom. The van der Waals surface area contributed by atoms with Gasteiger partial charge in [-0.3, -0.25) is 9.59 Å². The number of hydrogen-bond acceptors (Lipinski definition) is 4. The van der Waals surface area contributed by atoms with Crippen molar-refractivity contribution in [3.8, 4) is 0 Å². The summed E-state index contributed by atoms with van der Waals surface area (Å²) in [5, 5.41) is 19.9. The standard InChI is InChI=1S/C18H21N3O3/c1-11-12(2)20-21-17(23)15(11)16(22)19-10-18(24)9-5-7-13-6-3-4-8-14(13)18/h3-4,6,8,24H,5,7,9-10H2,1-2H3,(H,19,22)(H,21,23)/t18-/m1/s1. The number of fused-ring (bicyclic) bond motifs is 1. The molecule has 1 aliphatic carbocycles. The van der Waals surface area contributed by atoms with Gasteiger partial charge in [0.15, 0.2) is 0 Å². The molecule has 0 saturated heterocycles. The van der Waals surface area contributed by atoms with Gasteiger partial charge < -0.3 is 10.4 Å². The van der Waals surface area contributed by atoms with E-state index in [-0.39, 0.29) is 12.1 Å². The van der Waals surface area contributed by atoms with Crippen molar-refractivity contribution in [3.05, 3.63) is 62.6 Å². The molecule has 3 N–H and O–H groups in total. The fraction of sp³-hybridized carbons (Fsp3) is 0.389. The highest BCUT2D eigenvalue weighted by Gasteiger charge is 2.34. The van der Waals surface area contributed by atoms with E-state index in [1.54, 1.807) is 13.8 Å². The number of carbonyl (C=O) groups excluding carboxylic acids is 1. The van der Waals surface area contributed by atoms with Crippen LogP contribution in [0.5, 0.6) is 0 Å². The van der Waals surface area contributed by atoms with Gasteiger partial charge in [-0.1, -0.05) is 24.3 Å². The average Bonchev–Trinajstić information content (AvgIpc) is 2.57. The Kier molecular flexibility index (Phi) is 4.24. The van der Waals surface area contributed by atoms with E-state index in [9.17, 15) is 14.7 Å². The quantitative estimate of drug-likeness (QED) is 0.793. The van der Waals surface area contributed by atoms with Gasteiger partial charge in [0, 0.05) is 0 Å². The van der Waals surface area contributed by atoms with Crippen LogP contribution in [0.15, 0.2) is 29.1 Å².